The van der Waals surface area contributed by atoms with Gasteiger partial charge in [-0.1, -0.05) is 37.4 Å². The van der Waals surface area contributed by atoms with Crippen LogP contribution < -0.4 is 0 Å². The van der Waals surface area contributed by atoms with Gasteiger partial charge in [-0.2, -0.15) is 0 Å². The van der Waals surface area contributed by atoms with Crippen molar-refractivity contribution in [1.29, 1.82) is 0 Å². The van der Waals surface area contributed by atoms with Crippen LogP contribution >= 0.6 is 31.9 Å². The molecule has 0 aromatic heterocycles. The second-order valence-electron chi connectivity index (χ2n) is 1.75. The number of rotatable bonds is 2. The minimum absolute atomic E-state index is 1.06. The fraction of sp³-hybridized carbons (Fsp3) is 0.667. The highest BCUT2D eigenvalue weighted by molar-refractivity contribution is 9.11. The van der Waals surface area contributed by atoms with Crippen molar-refractivity contribution in [3.8, 4) is 0 Å². The summed E-state index contributed by atoms with van der Waals surface area (Å²) in [4.78, 5) is 0. The summed E-state index contributed by atoms with van der Waals surface area (Å²) < 4.78 is 1.26. The molecule has 0 aromatic rings. The molecular weight excluding hydrogens is 232 g/mol. The SMILES string of the molecule is CC(Br)=C(C)CCBr. The van der Waals surface area contributed by atoms with Crippen molar-refractivity contribution in [2.45, 2.75) is 20.3 Å². The van der Waals surface area contributed by atoms with Crippen molar-refractivity contribution >= 4 is 31.9 Å². The molecule has 0 saturated heterocycles. The Labute approximate surface area is 67.6 Å². The summed E-state index contributed by atoms with van der Waals surface area (Å²) in [6.45, 7) is 4.20. The van der Waals surface area contributed by atoms with Crippen molar-refractivity contribution in [2.24, 2.45) is 0 Å². The summed E-state index contributed by atoms with van der Waals surface area (Å²) in [6.07, 6.45) is 1.14. The Morgan fingerprint density at radius 1 is 1.38 bits per heavy atom. The predicted molar refractivity (Wildman–Crippen MR) is 45.7 cm³/mol. The van der Waals surface area contributed by atoms with Gasteiger partial charge in [-0.3, -0.25) is 0 Å². The minimum Gasteiger partial charge on any atom is -0.0925 e. The Kier molecular flexibility index (Phi) is 4.97. The molecule has 0 aliphatic heterocycles. The van der Waals surface area contributed by atoms with Crippen LogP contribution in [0, 0.1) is 0 Å². The third-order valence-corrected chi connectivity index (χ3v) is 2.13. The predicted octanol–water partition coefficient (Wildman–Crippen LogP) is 3.46. The standard InChI is InChI=1S/C6H10Br2/c1-5(3-4-7)6(2)8/h3-4H2,1-2H3. The van der Waals surface area contributed by atoms with Crippen LogP contribution in [0.4, 0.5) is 0 Å². The fourth-order valence-corrected chi connectivity index (χ4v) is 1.11. The number of hydrogen-bond donors (Lipinski definition) is 0. The number of alkyl halides is 1. The summed E-state index contributed by atoms with van der Waals surface area (Å²) in [6, 6.07) is 0. The van der Waals surface area contributed by atoms with Gasteiger partial charge < -0.3 is 0 Å². The summed E-state index contributed by atoms with van der Waals surface area (Å²) >= 11 is 6.76. The highest BCUT2D eigenvalue weighted by atomic mass is 79.9. The Hall–Kier alpha value is 0.700. The average molecular weight is 242 g/mol. The lowest BCUT2D eigenvalue weighted by atomic mass is 10.2. The van der Waals surface area contributed by atoms with Gasteiger partial charge in [0.05, 0.1) is 0 Å². The average Bonchev–Trinajstić information content (AvgIpc) is 1.67. The van der Waals surface area contributed by atoms with E-state index in [0.29, 0.717) is 0 Å². The number of allylic oxidation sites excluding steroid dienone is 2. The monoisotopic (exact) mass is 240 g/mol. The van der Waals surface area contributed by atoms with E-state index in [-0.39, 0.29) is 0 Å². The molecule has 8 heavy (non-hydrogen) atoms. The van der Waals surface area contributed by atoms with Crippen molar-refractivity contribution in [1.82, 2.24) is 0 Å². The summed E-state index contributed by atoms with van der Waals surface area (Å²) in [5.74, 6) is 0. The van der Waals surface area contributed by atoms with Gasteiger partial charge in [0.15, 0.2) is 0 Å². The molecule has 48 valence electrons. The molecule has 0 amide bonds. The zero-order valence-corrected chi connectivity index (χ0v) is 8.34. The molecule has 0 atom stereocenters. The molecule has 0 aromatic carbocycles. The van der Waals surface area contributed by atoms with Gasteiger partial charge >= 0.3 is 0 Å². The second kappa shape index (κ2) is 4.57. The van der Waals surface area contributed by atoms with E-state index < -0.39 is 0 Å². The van der Waals surface area contributed by atoms with Crippen molar-refractivity contribution < 1.29 is 0 Å². The molecule has 0 aliphatic carbocycles. The Morgan fingerprint density at radius 3 is 2.00 bits per heavy atom. The van der Waals surface area contributed by atoms with Gasteiger partial charge in [0.2, 0.25) is 0 Å². The molecule has 0 spiro atoms. The van der Waals surface area contributed by atoms with E-state index in [9.17, 15) is 0 Å². The largest absolute Gasteiger partial charge is 0.0925 e. The molecule has 0 radical (unpaired) electrons. The molecular formula is C6H10Br2. The molecule has 0 fully saturated rings. The van der Waals surface area contributed by atoms with Gasteiger partial charge in [-0.05, 0) is 24.8 Å². The molecule has 0 rings (SSSR count). The van der Waals surface area contributed by atoms with Crippen molar-refractivity contribution in [2.75, 3.05) is 5.33 Å². The van der Waals surface area contributed by atoms with Crippen LogP contribution in [-0.2, 0) is 0 Å². The normalized spacial score (nSPS) is 13.5. The van der Waals surface area contributed by atoms with Gasteiger partial charge in [0, 0.05) is 5.33 Å². The number of hydrogen-bond acceptors (Lipinski definition) is 0. The van der Waals surface area contributed by atoms with Crippen LogP contribution in [0.15, 0.2) is 10.1 Å². The maximum absolute atomic E-state index is 3.40. The van der Waals surface area contributed by atoms with Gasteiger partial charge in [0.25, 0.3) is 0 Å². The van der Waals surface area contributed by atoms with Gasteiger partial charge in [-0.25, -0.2) is 0 Å². The first kappa shape index (κ1) is 8.70. The van der Waals surface area contributed by atoms with Crippen LogP contribution in [0.5, 0.6) is 0 Å². The lowest BCUT2D eigenvalue weighted by Crippen LogP contribution is -1.78. The molecule has 0 bridgehead atoms. The van der Waals surface area contributed by atoms with E-state index in [0.717, 1.165) is 11.8 Å². The second-order valence-corrected chi connectivity index (χ2v) is 3.74. The maximum Gasteiger partial charge on any atom is 0.00688 e. The van der Waals surface area contributed by atoms with Crippen LogP contribution in [0.25, 0.3) is 0 Å². The van der Waals surface area contributed by atoms with Crippen LogP contribution in [-0.4, -0.2) is 5.33 Å². The third kappa shape index (κ3) is 3.67. The zero-order chi connectivity index (χ0) is 6.57. The molecule has 0 saturated carbocycles. The Balaban J connectivity index is 3.62. The molecule has 0 aliphatic rings. The topological polar surface area (TPSA) is 0 Å². The van der Waals surface area contributed by atoms with Crippen LogP contribution in [0.2, 0.25) is 0 Å². The first-order valence-electron chi connectivity index (χ1n) is 2.56. The zero-order valence-electron chi connectivity index (χ0n) is 5.17. The Bertz CT molecular complexity index is 90.7. The lowest BCUT2D eigenvalue weighted by molar-refractivity contribution is 1.11. The lowest BCUT2D eigenvalue weighted by Gasteiger charge is -1.95. The van der Waals surface area contributed by atoms with Crippen molar-refractivity contribution in [3.63, 3.8) is 0 Å². The molecule has 0 unspecified atom stereocenters. The first-order chi connectivity index (χ1) is 3.68. The first-order valence-corrected chi connectivity index (χ1v) is 4.47. The van der Waals surface area contributed by atoms with E-state index in [1.54, 1.807) is 0 Å². The smallest absolute Gasteiger partial charge is 0.00688 e. The summed E-state index contributed by atoms with van der Waals surface area (Å²) in [5, 5.41) is 1.06. The highest BCUT2D eigenvalue weighted by Gasteiger charge is 1.89. The van der Waals surface area contributed by atoms with Crippen molar-refractivity contribution in [3.05, 3.63) is 10.1 Å². The molecule has 0 N–H and O–H groups in total. The third-order valence-electron chi connectivity index (χ3n) is 1.06. The Morgan fingerprint density at radius 2 is 1.88 bits per heavy atom. The molecule has 0 heterocycles. The van der Waals surface area contributed by atoms with Crippen LogP contribution in [0.3, 0.4) is 0 Å². The van der Waals surface area contributed by atoms with Crippen LogP contribution in [0.1, 0.15) is 20.3 Å². The van der Waals surface area contributed by atoms with Gasteiger partial charge in [0.1, 0.15) is 0 Å². The van der Waals surface area contributed by atoms with Gasteiger partial charge in [-0.15, -0.1) is 0 Å². The highest BCUT2D eigenvalue weighted by Crippen LogP contribution is 2.13. The van der Waals surface area contributed by atoms with E-state index >= 15 is 0 Å². The minimum atomic E-state index is 1.06. The van der Waals surface area contributed by atoms with E-state index in [2.05, 4.69) is 45.7 Å². The number of halogens is 2. The molecule has 2 heteroatoms. The van der Waals surface area contributed by atoms with E-state index in [1.165, 1.54) is 10.1 Å². The maximum atomic E-state index is 3.40. The fourth-order valence-electron chi connectivity index (χ4n) is 0.314. The summed E-state index contributed by atoms with van der Waals surface area (Å²) in [7, 11) is 0. The quantitative estimate of drug-likeness (QED) is 0.650. The van der Waals surface area contributed by atoms with E-state index in [1.807, 2.05) is 0 Å². The molecule has 0 nitrogen and oxygen atoms in total. The summed E-state index contributed by atoms with van der Waals surface area (Å²) in [5.41, 5.74) is 1.42. The van der Waals surface area contributed by atoms with E-state index in [4.69, 9.17) is 0 Å².